The summed E-state index contributed by atoms with van der Waals surface area (Å²) in [4.78, 5) is 0. The van der Waals surface area contributed by atoms with Gasteiger partial charge in [0.2, 0.25) is 0 Å². The van der Waals surface area contributed by atoms with Crippen molar-refractivity contribution in [3.8, 4) is 0 Å². The molecule has 90 valence electrons. The summed E-state index contributed by atoms with van der Waals surface area (Å²) in [6.07, 6.45) is 2.98. The van der Waals surface area contributed by atoms with Crippen molar-refractivity contribution < 1.29 is 5.11 Å². The van der Waals surface area contributed by atoms with E-state index in [2.05, 4.69) is 43.4 Å². The molecule has 2 nitrogen and oxygen atoms in total. The number of aryl methyl sites for hydroxylation is 1. The Morgan fingerprint density at radius 2 is 1.88 bits per heavy atom. The second-order valence-electron chi connectivity index (χ2n) is 4.12. The summed E-state index contributed by atoms with van der Waals surface area (Å²) in [6.45, 7) is 5.51. The maximum Gasteiger partial charge on any atom is 0.0445 e. The summed E-state index contributed by atoms with van der Waals surface area (Å²) in [5, 5.41) is 12.4. The van der Waals surface area contributed by atoms with Crippen LogP contribution in [0.15, 0.2) is 24.3 Å². The van der Waals surface area contributed by atoms with Gasteiger partial charge in [0.25, 0.3) is 0 Å². The summed E-state index contributed by atoms with van der Waals surface area (Å²) in [7, 11) is 0. The molecule has 0 fully saturated rings. The Kier molecular flexibility index (Phi) is 6.12. The van der Waals surface area contributed by atoms with Gasteiger partial charge in [-0.05, 0) is 30.4 Å². The molecule has 0 radical (unpaired) electrons. The minimum Gasteiger partial charge on any atom is -0.396 e. The van der Waals surface area contributed by atoms with Gasteiger partial charge in [-0.1, -0.05) is 38.1 Å². The number of hydrogen-bond acceptors (Lipinski definition) is 2. The zero-order valence-electron chi connectivity index (χ0n) is 10.4. The third kappa shape index (κ3) is 3.95. The van der Waals surface area contributed by atoms with Gasteiger partial charge in [-0.15, -0.1) is 0 Å². The van der Waals surface area contributed by atoms with Gasteiger partial charge in [0.05, 0.1) is 0 Å². The van der Waals surface area contributed by atoms with Gasteiger partial charge < -0.3 is 10.4 Å². The van der Waals surface area contributed by atoms with Crippen molar-refractivity contribution >= 4 is 0 Å². The molecular formula is C14H23NO. The van der Waals surface area contributed by atoms with E-state index in [1.54, 1.807) is 0 Å². The van der Waals surface area contributed by atoms with Crippen LogP contribution in [0.25, 0.3) is 0 Å². The SMILES string of the molecule is CCc1ccccc1CNC(CC)CCO. The minimum atomic E-state index is 0.265. The van der Waals surface area contributed by atoms with Gasteiger partial charge in [-0.25, -0.2) is 0 Å². The van der Waals surface area contributed by atoms with Crippen LogP contribution in [0.1, 0.15) is 37.8 Å². The molecule has 0 heterocycles. The van der Waals surface area contributed by atoms with Crippen LogP contribution in [-0.4, -0.2) is 17.8 Å². The highest BCUT2D eigenvalue weighted by Gasteiger charge is 2.05. The molecule has 1 aromatic carbocycles. The summed E-state index contributed by atoms with van der Waals surface area (Å²) >= 11 is 0. The van der Waals surface area contributed by atoms with E-state index in [9.17, 15) is 0 Å². The monoisotopic (exact) mass is 221 g/mol. The van der Waals surface area contributed by atoms with Crippen LogP contribution >= 0.6 is 0 Å². The van der Waals surface area contributed by atoms with Crippen molar-refractivity contribution in [1.29, 1.82) is 0 Å². The van der Waals surface area contributed by atoms with Crippen LogP contribution in [0.4, 0.5) is 0 Å². The highest BCUT2D eigenvalue weighted by molar-refractivity contribution is 5.26. The predicted molar refractivity (Wildman–Crippen MR) is 68.4 cm³/mol. The van der Waals surface area contributed by atoms with Crippen LogP contribution in [0.2, 0.25) is 0 Å². The molecule has 2 N–H and O–H groups in total. The number of nitrogens with one attached hydrogen (secondary N) is 1. The maximum atomic E-state index is 8.93. The molecular weight excluding hydrogens is 198 g/mol. The van der Waals surface area contributed by atoms with Gasteiger partial charge in [-0.2, -0.15) is 0 Å². The third-order valence-electron chi connectivity index (χ3n) is 3.05. The first-order valence-electron chi connectivity index (χ1n) is 6.22. The summed E-state index contributed by atoms with van der Waals surface area (Å²) in [5.74, 6) is 0. The summed E-state index contributed by atoms with van der Waals surface area (Å²) in [5.41, 5.74) is 2.79. The first-order chi connectivity index (χ1) is 7.81. The molecule has 0 aliphatic rings. The van der Waals surface area contributed by atoms with Crippen molar-refractivity contribution in [3.63, 3.8) is 0 Å². The van der Waals surface area contributed by atoms with E-state index in [0.717, 1.165) is 25.8 Å². The Balaban J connectivity index is 2.52. The lowest BCUT2D eigenvalue weighted by Gasteiger charge is -2.17. The Bertz CT molecular complexity index is 299. The lowest BCUT2D eigenvalue weighted by molar-refractivity contribution is 0.262. The van der Waals surface area contributed by atoms with Gasteiger partial charge >= 0.3 is 0 Å². The van der Waals surface area contributed by atoms with E-state index in [4.69, 9.17) is 5.11 Å². The quantitative estimate of drug-likeness (QED) is 0.741. The molecule has 16 heavy (non-hydrogen) atoms. The Morgan fingerprint density at radius 1 is 1.19 bits per heavy atom. The average Bonchev–Trinajstić information content (AvgIpc) is 2.34. The molecule has 0 saturated heterocycles. The van der Waals surface area contributed by atoms with Crippen molar-refractivity contribution in [2.75, 3.05) is 6.61 Å². The molecule has 1 aromatic rings. The normalized spacial score (nSPS) is 12.7. The smallest absolute Gasteiger partial charge is 0.0445 e. The van der Waals surface area contributed by atoms with Crippen LogP contribution in [0, 0.1) is 0 Å². The number of aliphatic hydroxyl groups is 1. The molecule has 0 amide bonds. The van der Waals surface area contributed by atoms with Gasteiger partial charge in [0, 0.05) is 19.2 Å². The van der Waals surface area contributed by atoms with E-state index >= 15 is 0 Å². The van der Waals surface area contributed by atoms with Crippen molar-refractivity contribution in [2.45, 2.75) is 45.7 Å². The second-order valence-corrected chi connectivity index (χ2v) is 4.12. The van der Waals surface area contributed by atoms with Crippen molar-refractivity contribution in [1.82, 2.24) is 5.32 Å². The van der Waals surface area contributed by atoms with E-state index in [1.165, 1.54) is 11.1 Å². The standard InChI is InChI=1S/C14H23NO/c1-3-12-7-5-6-8-13(12)11-15-14(4-2)9-10-16/h5-8,14-16H,3-4,9-11H2,1-2H3. The first kappa shape index (κ1) is 13.2. The van der Waals surface area contributed by atoms with Crippen LogP contribution in [0.5, 0.6) is 0 Å². The van der Waals surface area contributed by atoms with E-state index in [-0.39, 0.29) is 6.61 Å². The summed E-state index contributed by atoms with van der Waals surface area (Å²) < 4.78 is 0. The number of aliphatic hydroxyl groups excluding tert-OH is 1. The zero-order valence-corrected chi connectivity index (χ0v) is 10.4. The van der Waals surface area contributed by atoms with Gasteiger partial charge in [0.15, 0.2) is 0 Å². The average molecular weight is 221 g/mol. The minimum absolute atomic E-state index is 0.265. The topological polar surface area (TPSA) is 32.3 Å². The highest BCUT2D eigenvalue weighted by atomic mass is 16.3. The fourth-order valence-electron chi connectivity index (χ4n) is 1.94. The molecule has 0 bridgehead atoms. The second kappa shape index (κ2) is 7.42. The molecule has 0 spiro atoms. The molecule has 1 rings (SSSR count). The lowest BCUT2D eigenvalue weighted by Crippen LogP contribution is -2.29. The highest BCUT2D eigenvalue weighted by Crippen LogP contribution is 2.10. The Labute approximate surface area is 98.7 Å². The fraction of sp³-hybridized carbons (Fsp3) is 0.571. The largest absolute Gasteiger partial charge is 0.396 e. The molecule has 0 aliphatic carbocycles. The van der Waals surface area contributed by atoms with Crippen molar-refractivity contribution in [2.24, 2.45) is 0 Å². The number of hydrogen-bond donors (Lipinski definition) is 2. The molecule has 0 saturated carbocycles. The zero-order chi connectivity index (χ0) is 11.8. The van der Waals surface area contributed by atoms with E-state index in [0.29, 0.717) is 6.04 Å². The fourth-order valence-corrected chi connectivity index (χ4v) is 1.94. The van der Waals surface area contributed by atoms with Crippen molar-refractivity contribution in [3.05, 3.63) is 35.4 Å². The van der Waals surface area contributed by atoms with Gasteiger partial charge in [-0.3, -0.25) is 0 Å². The maximum absolute atomic E-state index is 8.93. The van der Waals surface area contributed by atoms with Crippen LogP contribution in [0.3, 0.4) is 0 Å². The lowest BCUT2D eigenvalue weighted by atomic mass is 10.0. The molecule has 0 aromatic heterocycles. The molecule has 0 aliphatic heterocycles. The first-order valence-corrected chi connectivity index (χ1v) is 6.22. The molecule has 2 heteroatoms. The van der Waals surface area contributed by atoms with Crippen LogP contribution in [-0.2, 0) is 13.0 Å². The summed E-state index contributed by atoms with van der Waals surface area (Å²) in [6, 6.07) is 8.97. The van der Waals surface area contributed by atoms with Gasteiger partial charge in [0.1, 0.15) is 0 Å². The van der Waals surface area contributed by atoms with E-state index < -0.39 is 0 Å². The molecule has 1 atom stereocenters. The number of benzene rings is 1. The number of rotatable bonds is 7. The van der Waals surface area contributed by atoms with E-state index in [1.807, 2.05) is 0 Å². The molecule has 1 unspecified atom stereocenters. The van der Waals surface area contributed by atoms with Crippen LogP contribution < -0.4 is 5.32 Å². The Morgan fingerprint density at radius 3 is 2.44 bits per heavy atom. The Hall–Kier alpha value is -0.860. The predicted octanol–water partition coefficient (Wildman–Crippen LogP) is 2.50. The third-order valence-corrected chi connectivity index (χ3v) is 3.05.